The third-order valence-corrected chi connectivity index (χ3v) is 3.93. The number of hydrogen-bond acceptors (Lipinski definition) is 3. The second kappa shape index (κ2) is 9.08. The molecule has 6 nitrogen and oxygen atoms in total. The van der Waals surface area contributed by atoms with E-state index in [4.69, 9.17) is 5.11 Å². The molecule has 0 aliphatic heterocycles. The zero-order valence-corrected chi connectivity index (χ0v) is 14.4. The molecule has 0 radical (unpaired) electrons. The molecule has 1 aromatic heterocycles. The van der Waals surface area contributed by atoms with Gasteiger partial charge < -0.3 is 19.9 Å². The molecule has 0 saturated carbocycles. The van der Waals surface area contributed by atoms with Crippen LogP contribution in [-0.2, 0) is 19.6 Å². The van der Waals surface area contributed by atoms with E-state index in [0.717, 1.165) is 17.8 Å². The smallest absolute Gasteiger partial charge is 0.318 e. The molecule has 0 aliphatic carbocycles. The highest BCUT2D eigenvalue weighted by molar-refractivity contribution is 5.74. The molecule has 2 aromatic rings. The van der Waals surface area contributed by atoms with Crippen molar-refractivity contribution in [3.63, 3.8) is 0 Å². The van der Waals surface area contributed by atoms with Gasteiger partial charge in [-0.2, -0.15) is 0 Å². The van der Waals surface area contributed by atoms with Crippen LogP contribution in [0.3, 0.4) is 0 Å². The molecule has 0 fully saturated rings. The SMILES string of the molecule is CCn1cncc1CNC(=O)N(CCCO)Cc1ccc(C)cc1. The van der Waals surface area contributed by atoms with E-state index >= 15 is 0 Å². The number of rotatable bonds is 8. The Kier molecular flexibility index (Phi) is 6.81. The van der Waals surface area contributed by atoms with E-state index < -0.39 is 0 Å². The number of urea groups is 1. The van der Waals surface area contributed by atoms with Crippen LogP contribution in [0, 0.1) is 6.92 Å². The second-order valence-electron chi connectivity index (χ2n) is 5.81. The van der Waals surface area contributed by atoms with Crippen molar-refractivity contribution in [1.82, 2.24) is 19.8 Å². The molecule has 2 rings (SSSR count). The van der Waals surface area contributed by atoms with Gasteiger partial charge in [-0.05, 0) is 25.8 Å². The number of carbonyl (C=O) groups excluding carboxylic acids is 1. The fourth-order valence-electron chi connectivity index (χ4n) is 2.49. The van der Waals surface area contributed by atoms with E-state index in [1.54, 1.807) is 17.4 Å². The Hall–Kier alpha value is -2.34. The molecule has 1 aromatic carbocycles. The standard InChI is InChI=1S/C18H26N4O2/c1-3-21-14-19-11-17(21)12-20-18(24)22(9-4-10-23)13-16-7-5-15(2)6-8-16/h5-8,11,14,23H,3-4,9-10,12-13H2,1-2H3,(H,20,24). The lowest BCUT2D eigenvalue weighted by Crippen LogP contribution is -2.40. The van der Waals surface area contributed by atoms with Crippen molar-refractivity contribution in [2.24, 2.45) is 0 Å². The van der Waals surface area contributed by atoms with Crippen LogP contribution in [0.2, 0.25) is 0 Å². The van der Waals surface area contributed by atoms with Crippen molar-refractivity contribution in [2.45, 2.75) is 39.9 Å². The molecule has 0 bridgehead atoms. The van der Waals surface area contributed by atoms with Gasteiger partial charge in [0.15, 0.2) is 0 Å². The number of aryl methyl sites for hydroxylation is 2. The third kappa shape index (κ3) is 5.09. The Labute approximate surface area is 143 Å². The van der Waals surface area contributed by atoms with Crippen molar-refractivity contribution in [2.75, 3.05) is 13.2 Å². The average molecular weight is 330 g/mol. The van der Waals surface area contributed by atoms with Gasteiger partial charge in [0.2, 0.25) is 0 Å². The van der Waals surface area contributed by atoms with Crippen LogP contribution in [0.15, 0.2) is 36.8 Å². The molecule has 2 amide bonds. The lowest BCUT2D eigenvalue weighted by molar-refractivity contribution is 0.186. The number of aliphatic hydroxyl groups is 1. The summed E-state index contributed by atoms with van der Waals surface area (Å²) in [6.07, 6.45) is 4.09. The fourth-order valence-corrected chi connectivity index (χ4v) is 2.49. The average Bonchev–Trinajstić information content (AvgIpc) is 3.05. The van der Waals surface area contributed by atoms with Gasteiger partial charge in [0.1, 0.15) is 0 Å². The van der Waals surface area contributed by atoms with Gasteiger partial charge in [0.25, 0.3) is 0 Å². The Morgan fingerprint density at radius 1 is 1.33 bits per heavy atom. The van der Waals surface area contributed by atoms with Gasteiger partial charge in [-0.3, -0.25) is 0 Å². The molecule has 6 heteroatoms. The first kappa shape index (κ1) is 18.0. The predicted octanol–water partition coefficient (Wildman–Crippen LogP) is 2.31. The zero-order valence-electron chi connectivity index (χ0n) is 14.4. The van der Waals surface area contributed by atoms with Crippen LogP contribution >= 0.6 is 0 Å². The van der Waals surface area contributed by atoms with Crippen LogP contribution in [-0.4, -0.2) is 38.7 Å². The summed E-state index contributed by atoms with van der Waals surface area (Å²) >= 11 is 0. The van der Waals surface area contributed by atoms with E-state index in [1.165, 1.54) is 5.56 Å². The number of carbonyl (C=O) groups is 1. The lowest BCUT2D eigenvalue weighted by atomic mass is 10.1. The first-order valence-corrected chi connectivity index (χ1v) is 8.32. The molecule has 2 N–H and O–H groups in total. The minimum atomic E-state index is -0.132. The van der Waals surface area contributed by atoms with E-state index in [2.05, 4.69) is 10.3 Å². The van der Waals surface area contributed by atoms with Crippen molar-refractivity contribution in [3.05, 3.63) is 53.6 Å². The van der Waals surface area contributed by atoms with Crippen LogP contribution in [0.1, 0.15) is 30.2 Å². The molecule has 24 heavy (non-hydrogen) atoms. The molecule has 1 heterocycles. The first-order chi connectivity index (χ1) is 11.6. The number of nitrogens with one attached hydrogen (secondary N) is 1. The second-order valence-corrected chi connectivity index (χ2v) is 5.81. The molecule has 0 aliphatic rings. The molecular formula is C18H26N4O2. The number of benzene rings is 1. The largest absolute Gasteiger partial charge is 0.396 e. The summed E-state index contributed by atoms with van der Waals surface area (Å²) in [5, 5.41) is 12.0. The molecular weight excluding hydrogens is 304 g/mol. The molecule has 130 valence electrons. The summed E-state index contributed by atoms with van der Waals surface area (Å²) in [6, 6.07) is 8.00. The third-order valence-electron chi connectivity index (χ3n) is 3.93. The van der Waals surface area contributed by atoms with E-state index in [0.29, 0.717) is 26.1 Å². The van der Waals surface area contributed by atoms with Gasteiger partial charge in [-0.1, -0.05) is 29.8 Å². The minimum absolute atomic E-state index is 0.0697. The minimum Gasteiger partial charge on any atom is -0.396 e. The Morgan fingerprint density at radius 3 is 2.75 bits per heavy atom. The van der Waals surface area contributed by atoms with Crippen molar-refractivity contribution < 1.29 is 9.90 Å². The van der Waals surface area contributed by atoms with Crippen molar-refractivity contribution >= 4 is 6.03 Å². The van der Waals surface area contributed by atoms with Gasteiger partial charge >= 0.3 is 6.03 Å². The number of aliphatic hydroxyl groups excluding tert-OH is 1. The molecule has 0 atom stereocenters. The molecule has 0 spiro atoms. The van der Waals surface area contributed by atoms with E-state index in [9.17, 15) is 4.79 Å². The number of imidazole rings is 1. The maximum atomic E-state index is 12.5. The monoisotopic (exact) mass is 330 g/mol. The topological polar surface area (TPSA) is 70.4 Å². The summed E-state index contributed by atoms with van der Waals surface area (Å²) in [5.41, 5.74) is 3.24. The highest BCUT2D eigenvalue weighted by Gasteiger charge is 2.14. The summed E-state index contributed by atoms with van der Waals surface area (Å²) in [5.74, 6) is 0. The van der Waals surface area contributed by atoms with Crippen molar-refractivity contribution in [3.8, 4) is 0 Å². The normalized spacial score (nSPS) is 10.6. The van der Waals surface area contributed by atoms with E-state index in [-0.39, 0.29) is 12.6 Å². The van der Waals surface area contributed by atoms with Crippen LogP contribution in [0.5, 0.6) is 0 Å². The lowest BCUT2D eigenvalue weighted by Gasteiger charge is -2.23. The quantitative estimate of drug-likeness (QED) is 0.780. The Balaban J connectivity index is 1.97. The number of nitrogens with zero attached hydrogens (tertiary/aromatic N) is 3. The summed E-state index contributed by atoms with van der Waals surface area (Å²) in [6.45, 7) is 6.45. The van der Waals surface area contributed by atoms with Crippen LogP contribution in [0.4, 0.5) is 4.79 Å². The number of aromatic nitrogens is 2. The fraction of sp³-hybridized carbons (Fsp3) is 0.444. The first-order valence-electron chi connectivity index (χ1n) is 8.32. The molecule has 0 unspecified atom stereocenters. The maximum absolute atomic E-state index is 12.5. The highest BCUT2D eigenvalue weighted by atomic mass is 16.3. The van der Waals surface area contributed by atoms with Gasteiger partial charge in [-0.25, -0.2) is 9.78 Å². The number of amides is 2. The van der Waals surface area contributed by atoms with Gasteiger partial charge in [0, 0.05) is 32.4 Å². The Bertz CT molecular complexity index is 637. The Morgan fingerprint density at radius 2 is 2.08 bits per heavy atom. The number of hydrogen-bond donors (Lipinski definition) is 2. The zero-order chi connectivity index (χ0) is 17.4. The summed E-state index contributed by atoms with van der Waals surface area (Å²) < 4.78 is 2.00. The van der Waals surface area contributed by atoms with Crippen LogP contribution in [0.25, 0.3) is 0 Å². The van der Waals surface area contributed by atoms with Crippen LogP contribution < -0.4 is 5.32 Å². The van der Waals surface area contributed by atoms with Gasteiger partial charge in [-0.15, -0.1) is 0 Å². The maximum Gasteiger partial charge on any atom is 0.318 e. The van der Waals surface area contributed by atoms with E-state index in [1.807, 2.05) is 42.7 Å². The summed E-state index contributed by atoms with van der Waals surface area (Å²) in [7, 11) is 0. The predicted molar refractivity (Wildman–Crippen MR) is 93.4 cm³/mol. The van der Waals surface area contributed by atoms with Crippen molar-refractivity contribution in [1.29, 1.82) is 0 Å². The molecule has 0 saturated heterocycles. The summed E-state index contributed by atoms with van der Waals surface area (Å²) in [4.78, 5) is 18.4. The highest BCUT2D eigenvalue weighted by Crippen LogP contribution is 2.08. The van der Waals surface area contributed by atoms with Gasteiger partial charge in [0.05, 0.1) is 18.6 Å².